The lowest BCUT2D eigenvalue weighted by Gasteiger charge is -2.22. The van der Waals surface area contributed by atoms with E-state index in [4.69, 9.17) is 33.0 Å². The van der Waals surface area contributed by atoms with Gasteiger partial charge in [-0.05, 0) is 66.2 Å². The smallest absolute Gasteiger partial charge is 0.394 e. The van der Waals surface area contributed by atoms with Crippen molar-refractivity contribution in [2.45, 2.75) is 6.54 Å². The van der Waals surface area contributed by atoms with Crippen LogP contribution in [-0.2, 0) is 16.1 Å². The number of benzene rings is 4. The van der Waals surface area contributed by atoms with Crippen molar-refractivity contribution in [3.8, 4) is 22.1 Å². The lowest BCUT2D eigenvalue weighted by molar-refractivity contribution is -0.147. The van der Waals surface area contributed by atoms with Crippen molar-refractivity contribution < 1.29 is 39.2 Å². The predicted molar refractivity (Wildman–Crippen MR) is 171 cm³/mol. The van der Waals surface area contributed by atoms with E-state index in [2.05, 4.69) is 15.5 Å². The number of carbonyl (C=O) groups excluding carboxylic acids is 1. The summed E-state index contributed by atoms with van der Waals surface area (Å²) in [5, 5.41) is 40.2. The van der Waals surface area contributed by atoms with Crippen molar-refractivity contribution in [1.29, 1.82) is 0 Å². The van der Waals surface area contributed by atoms with Gasteiger partial charge >= 0.3 is 23.8 Å². The Labute approximate surface area is 274 Å². The van der Waals surface area contributed by atoms with Gasteiger partial charge in [-0.1, -0.05) is 58.8 Å². The molecule has 0 aliphatic carbocycles. The Kier molecular flexibility index (Phi) is 9.47. The molecule has 12 nitrogen and oxygen atoms in total. The highest BCUT2D eigenvalue weighted by molar-refractivity contribution is 7.18. The van der Waals surface area contributed by atoms with Crippen molar-refractivity contribution in [2.75, 3.05) is 10.2 Å². The molecule has 4 N–H and O–H groups in total. The first kappa shape index (κ1) is 31.9. The molecule has 0 bridgehead atoms. The van der Waals surface area contributed by atoms with Crippen LogP contribution < -0.4 is 15.0 Å². The SMILES string of the molecule is O=C(O)C(=O)Nc1ccc(CN(c2ccc(Cl)c(Cl)c2)c2nnc(-c3cccc(Oc4cccc(C(=O)O)c4)c3)s2)cc1C(=O)O. The monoisotopic (exact) mass is 678 g/mol. The highest BCUT2D eigenvalue weighted by Gasteiger charge is 2.21. The van der Waals surface area contributed by atoms with Crippen LogP contribution in [-0.4, -0.2) is 49.3 Å². The van der Waals surface area contributed by atoms with Crippen LogP contribution in [0.4, 0.5) is 16.5 Å². The van der Waals surface area contributed by atoms with Crippen LogP contribution in [0.15, 0.2) is 84.9 Å². The van der Waals surface area contributed by atoms with Crippen LogP contribution in [0.5, 0.6) is 11.5 Å². The predicted octanol–water partition coefficient (Wildman–Crippen LogP) is 7.06. The summed E-state index contributed by atoms with van der Waals surface area (Å²) in [6.45, 7) is 0.0725. The number of carboxylic acids is 3. The fraction of sp³-hybridized carbons (Fsp3) is 0.0323. The van der Waals surface area contributed by atoms with E-state index in [1.54, 1.807) is 59.5 Å². The Balaban J connectivity index is 1.47. The summed E-state index contributed by atoms with van der Waals surface area (Å²) < 4.78 is 5.88. The number of anilines is 3. The van der Waals surface area contributed by atoms with Gasteiger partial charge in [-0.15, -0.1) is 10.2 Å². The fourth-order valence-electron chi connectivity index (χ4n) is 4.22. The number of aliphatic carboxylic acids is 1. The van der Waals surface area contributed by atoms with Crippen molar-refractivity contribution in [2.24, 2.45) is 0 Å². The molecular formula is C31H20Cl2N4O8S. The van der Waals surface area contributed by atoms with Gasteiger partial charge in [0.25, 0.3) is 0 Å². The molecule has 1 aromatic heterocycles. The zero-order chi connectivity index (χ0) is 33.0. The van der Waals surface area contributed by atoms with Gasteiger partial charge in [-0.3, -0.25) is 4.79 Å². The summed E-state index contributed by atoms with van der Waals surface area (Å²) >= 11 is 13.7. The van der Waals surface area contributed by atoms with Gasteiger partial charge in [0.2, 0.25) is 5.13 Å². The zero-order valence-electron chi connectivity index (χ0n) is 23.2. The maximum atomic E-state index is 12.0. The minimum absolute atomic E-state index is 0.0725. The van der Waals surface area contributed by atoms with E-state index in [9.17, 15) is 29.4 Å². The van der Waals surface area contributed by atoms with E-state index in [0.717, 1.165) is 0 Å². The Hall–Kier alpha value is -5.50. The third-order valence-electron chi connectivity index (χ3n) is 6.36. The molecule has 232 valence electrons. The van der Waals surface area contributed by atoms with Crippen LogP contribution in [0.2, 0.25) is 10.0 Å². The number of carbonyl (C=O) groups is 4. The number of halogens is 2. The summed E-state index contributed by atoms with van der Waals surface area (Å²) in [6, 6.07) is 22.2. The maximum absolute atomic E-state index is 12.0. The molecule has 0 saturated heterocycles. The largest absolute Gasteiger partial charge is 0.478 e. The van der Waals surface area contributed by atoms with Crippen LogP contribution in [0.25, 0.3) is 10.6 Å². The molecule has 5 rings (SSSR count). The number of hydrogen-bond acceptors (Lipinski definition) is 9. The highest BCUT2D eigenvalue weighted by atomic mass is 35.5. The molecule has 0 fully saturated rings. The van der Waals surface area contributed by atoms with E-state index >= 15 is 0 Å². The highest BCUT2D eigenvalue weighted by Crippen LogP contribution is 2.38. The minimum Gasteiger partial charge on any atom is -0.478 e. The van der Waals surface area contributed by atoms with Gasteiger partial charge in [-0.25, -0.2) is 14.4 Å². The molecule has 0 radical (unpaired) electrons. The quantitative estimate of drug-likeness (QED) is 0.111. The molecule has 0 unspecified atom stereocenters. The molecule has 0 aliphatic heterocycles. The standard InChI is InChI=1S/C31H20Cl2N4O8S/c32-23-9-8-19(14-24(23)33)37(15-16-7-10-25(22(11-16)29(41)42)34-26(38)30(43)44)31-36-35-27(46-31)17-3-1-5-20(12-17)45-21-6-2-4-18(13-21)28(39)40/h1-14H,15H2,(H,34,38)(H,39,40)(H,41,42)(H,43,44). The first-order chi connectivity index (χ1) is 22.0. The van der Waals surface area contributed by atoms with Gasteiger partial charge in [0.05, 0.1) is 33.4 Å². The first-order valence-electron chi connectivity index (χ1n) is 13.1. The second-order valence-corrected chi connectivity index (χ2v) is 11.3. The summed E-state index contributed by atoms with van der Waals surface area (Å²) in [5.74, 6) is -4.81. The Bertz CT molecular complexity index is 2000. The minimum atomic E-state index is -1.76. The van der Waals surface area contributed by atoms with Crippen LogP contribution in [0, 0.1) is 0 Å². The molecule has 4 aromatic carbocycles. The number of rotatable bonds is 10. The van der Waals surface area contributed by atoms with E-state index < -0.39 is 23.8 Å². The maximum Gasteiger partial charge on any atom is 0.394 e. The number of nitrogens with zero attached hydrogens (tertiary/aromatic N) is 3. The topological polar surface area (TPSA) is 179 Å². The van der Waals surface area contributed by atoms with Crippen LogP contribution >= 0.6 is 34.5 Å². The van der Waals surface area contributed by atoms with Gasteiger partial charge < -0.3 is 30.3 Å². The van der Waals surface area contributed by atoms with Crippen molar-refractivity contribution in [3.63, 3.8) is 0 Å². The van der Waals surface area contributed by atoms with Crippen molar-refractivity contribution in [3.05, 3.63) is 112 Å². The molecule has 0 aliphatic rings. The fourth-order valence-corrected chi connectivity index (χ4v) is 5.37. The molecule has 0 spiro atoms. The molecule has 1 amide bonds. The Morgan fingerprint density at radius 3 is 2.24 bits per heavy atom. The normalized spacial score (nSPS) is 10.7. The first-order valence-corrected chi connectivity index (χ1v) is 14.6. The number of carboxylic acid groups (broad SMARTS) is 3. The summed E-state index contributed by atoms with van der Waals surface area (Å²) in [5.41, 5.74) is 1.29. The third kappa shape index (κ3) is 7.41. The molecule has 1 heterocycles. The number of aromatic nitrogens is 2. The van der Waals surface area contributed by atoms with E-state index in [0.29, 0.717) is 43.5 Å². The molecule has 5 aromatic rings. The molecular weight excluding hydrogens is 659 g/mol. The van der Waals surface area contributed by atoms with Gasteiger partial charge in [-0.2, -0.15) is 0 Å². The number of ether oxygens (including phenoxy) is 1. The van der Waals surface area contributed by atoms with Gasteiger partial charge in [0, 0.05) is 11.3 Å². The Morgan fingerprint density at radius 2 is 1.54 bits per heavy atom. The second kappa shape index (κ2) is 13.6. The second-order valence-electron chi connectivity index (χ2n) is 9.48. The molecule has 15 heteroatoms. The summed E-state index contributed by atoms with van der Waals surface area (Å²) in [7, 11) is 0. The summed E-state index contributed by atoms with van der Waals surface area (Å²) in [4.78, 5) is 47.7. The lowest BCUT2D eigenvalue weighted by atomic mass is 10.1. The number of nitrogens with one attached hydrogen (secondary N) is 1. The van der Waals surface area contributed by atoms with Gasteiger partial charge in [0.15, 0.2) is 0 Å². The number of aromatic carboxylic acids is 2. The van der Waals surface area contributed by atoms with Gasteiger partial charge in [0.1, 0.15) is 16.5 Å². The van der Waals surface area contributed by atoms with E-state index in [1.807, 2.05) is 0 Å². The number of amides is 1. The lowest BCUT2D eigenvalue weighted by Crippen LogP contribution is -2.23. The van der Waals surface area contributed by atoms with E-state index in [-0.39, 0.29) is 28.4 Å². The van der Waals surface area contributed by atoms with E-state index in [1.165, 1.54) is 41.7 Å². The Morgan fingerprint density at radius 1 is 0.804 bits per heavy atom. The molecule has 0 atom stereocenters. The number of hydrogen-bond donors (Lipinski definition) is 4. The molecule has 0 saturated carbocycles. The average Bonchev–Trinajstić information content (AvgIpc) is 3.52. The summed E-state index contributed by atoms with van der Waals surface area (Å²) in [6.07, 6.45) is 0. The third-order valence-corrected chi connectivity index (χ3v) is 8.09. The van der Waals surface area contributed by atoms with Crippen LogP contribution in [0.1, 0.15) is 26.3 Å². The van der Waals surface area contributed by atoms with Crippen LogP contribution in [0.3, 0.4) is 0 Å². The van der Waals surface area contributed by atoms with Crippen molar-refractivity contribution in [1.82, 2.24) is 10.2 Å². The average molecular weight is 679 g/mol. The van der Waals surface area contributed by atoms with Crippen molar-refractivity contribution >= 4 is 74.9 Å². The zero-order valence-corrected chi connectivity index (χ0v) is 25.5. The molecule has 46 heavy (non-hydrogen) atoms.